The van der Waals surface area contributed by atoms with Crippen LogP contribution in [0.15, 0.2) is 66.7 Å². The molecule has 9 nitrogen and oxygen atoms in total. The van der Waals surface area contributed by atoms with Gasteiger partial charge in [-0.2, -0.15) is 0 Å². The number of methoxy groups -OCH3 is 2. The maximum atomic E-state index is 12.3. The molecule has 0 saturated heterocycles. The highest BCUT2D eigenvalue weighted by molar-refractivity contribution is 6.41. The minimum Gasteiger partial charge on any atom is -0.495 e. The Hall–Kier alpha value is -4.34. The molecule has 4 rings (SSSR count). The fourth-order valence-electron chi connectivity index (χ4n) is 4.17. The number of hydrogen-bond acceptors (Lipinski definition) is 7. The van der Waals surface area contributed by atoms with Gasteiger partial charge < -0.3 is 24.7 Å². The van der Waals surface area contributed by atoms with Crippen molar-refractivity contribution < 1.29 is 14.3 Å². The van der Waals surface area contributed by atoms with Gasteiger partial charge >= 0.3 is 0 Å². The van der Waals surface area contributed by atoms with Crippen LogP contribution in [0.2, 0.25) is 10.0 Å². The van der Waals surface area contributed by atoms with E-state index >= 15 is 0 Å². The van der Waals surface area contributed by atoms with Crippen molar-refractivity contribution in [3.8, 4) is 22.6 Å². The molecule has 206 valence electrons. The van der Waals surface area contributed by atoms with Crippen LogP contribution in [0.3, 0.4) is 0 Å². The van der Waals surface area contributed by atoms with Gasteiger partial charge in [0.05, 0.1) is 47.4 Å². The van der Waals surface area contributed by atoms with Gasteiger partial charge in [-0.15, -0.1) is 0 Å². The van der Waals surface area contributed by atoms with Crippen molar-refractivity contribution >= 4 is 57.2 Å². The SMILES string of the molecule is C=C/N=c1/c(-c2c(Cl)c(OC)cc(OC)c2Cl)cc2cnc(Nc3c(C)cncc3NC(=O)C(=C)C)cc2n1C. The summed E-state index contributed by atoms with van der Waals surface area (Å²) in [6, 6.07) is 5.41. The number of carbonyl (C=O) groups excluding carboxylic acids is 1. The molecule has 11 heteroatoms. The molecule has 1 amide bonds. The van der Waals surface area contributed by atoms with E-state index < -0.39 is 0 Å². The molecule has 0 fully saturated rings. The standard InChI is InChI=1S/C29H28Cl2N6O3/c1-8-33-28-18(24-25(30)21(39-6)11-22(40-7)26(24)31)9-17-13-34-23(10-20(17)37(28)5)36-27-16(4)12-32-14-19(27)35-29(38)15(2)3/h8-14H,1-2H2,3-7H3,(H,35,38)(H,32,34,36)/b33-28-. The van der Waals surface area contributed by atoms with E-state index in [0.717, 1.165) is 16.5 Å². The number of amides is 1. The Labute approximate surface area is 241 Å². The van der Waals surface area contributed by atoms with Crippen LogP contribution < -0.4 is 25.6 Å². The van der Waals surface area contributed by atoms with Crippen molar-refractivity contribution in [2.75, 3.05) is 24.9 Å². The van der Waals surface area contributed by atoms with Gasteiger partial charge in [-0.25, -0.2) is 9.98 Å². The molecule has 40 heavy (non-hydrogen) atoms. The Morgan fingerprint density at radius 2 is 1.77 bits per heavy atom. The van der Waals surface area contributed by atoms with Crippen molar-refractivity contribution in [1.29, 1.82) is 0 Å². The second-order valence-electron chi connectivity index (χ2n) is 8.90. The largest absolute Gasteiger partial charge is 0.495 e. The molecule has 4 aromatic rings. The van der Waals surface area contributed by atoms with E-state index in [1.54, 1.807) is 31.6 Å². The van der Waals surface area contributed by atoms with Crippen LogP contribution in [0, 0.1) is 6.92 Å². The third kappa shape index (κ3) is 5.38. The second-order valence-corrected chi connectivity index (χ2v) is 9.66. The van der Waals surface area contributed by atoms with Gasteiger partial charge in [0.2, 0.25) is 0 Å². The van der Waals surface area contributed by atoms with Crippen molar-refractivity contribution in [2.45, 2.75) is 13.8 Å². The molecule has 1 aromatic carbocycles. The van der Waals surface area contributed by atoms with Crippen molar-refractivity contribution in [3.63, 3.8) is 0 Å². The second kappa shape index (κ2) is 11.8. The van der Waals surface area contributed by atoms with Crippen LogP contribution in [0.1, 0.15) is 12.5 Å². The van der Waals surface area contributed by atoms with Gasteiger partial charge in [0, 0.05) is 59.9 Å². The number of carbonyl (C=O) groups is 1. The molecule has 3 aromatic heterocycles. The first-order valence-electron chi connectivity index (χ1n) is 12.0. The summed E-state index contributed by atoms with van der Waals surface area (Å²) in [4.78, 5) is 25.6. The summed E-state index contributed by atoms with van der Waals surface area (Å²) in [6.45, 7) is 11.0. The van der Waals surface area contributed by atoms with Crippen LogP contribution in [0.5, 0.6) is 11.5 Å². The Bertz CT molecular complexity index is 1720. The summed E-state index contributed by atoms with van der Waals surface area (Å²) < 4.78 is 12.8. The third-order valence-electron chi connectivity index (χ3n) is 6.21. The first-order valence-corrected chi connectivity index (χ1v) is 12.8. The monoisotopic (exact) mass is 578 g/mol. The maximum absolute atomic E-state index is 12.3. The van der Waals surface area contributed by atoms with E-state index in [4.69, 9.17) is 32.7 Å². The minimum absolute atomic E-state index is 0.303. The molecule has 0 saturated carbocycles. The number of nitrogens with one attached hydrogen (secondary N) is 2. The van der Waals surface area contributed by atoms with Gasteiger partial charge in [0.1, 0.15) is 22.8 Å². The number of benzene rings is 1. The summed E-state index contributed by atoms with van der Waals surface area (Å²) in [7, 11) is 4.91. The number of aromatic nitrogens is 3. The summed E-state index contributed by atoms with van der Waals surface area (Å²) in [5, 5.41) is 7.57. The quantitative estimate of drug-likeness (QED) is 0.229. The molecule has 0 aliphatic rings. The van der Waals surface area contributed by atoms with Crippen LogP contribution in [0.25, 0.3) is 22.0 Å². The predicted octanol–water partition coefficient (Wildman–Crippen LogP) is 6.57. The number of fused-ring (bicyclic) bond motifs is 1. The smallest absolute Gasteiger partial charge is 0.250 e. The summed E-state index contributed by atoms with van der Waals surface area (Å²) in [5.74, 6) is 1.05. The zero-order valence-electron chi connectivity index (χ0n) is 22.7. The van der Waals surface area contributed by atoms with Crippen molar-refractivity contribution in [3.05, 3.63) is 82.8 Å². The topological polar surface area (TPSA) is 103 Å². The first kappa shape index (κ1) is 28.7. The minimum atomic E-state index is -0.303. The number of anilines is 3. The van der Waals surface area contributed by atoms with Crippen molar-refractivity contribution in [1.82, 2.24) is 14.5 Å². The number of aryl methyl sites for hydroxylation is 2. The maximum Gasteiger partial charge on any atom is 0.250 e. The van der Waals surface area contributed by atoms with E-state index in [2.05, 4.69) is 38.8 Å². The summed E-state index contributed by atoms with van der Waals surface area (Å²) in [6.07, 6.45) is 6.44. The Balaban J connectivity index is 1.90. The molecule has 0 aliphatic heterocycles. The Morgan fingerprint density at radius 3 is 2.38 bits per heavy atom. The molecule has 0 radical (unpaired) electrons. The Kier molecular flexibility index (Phi) is 8.46. The lowest BCUT2D eigenvalue weighted by molar-refractivity contribution is -0.112. The lowest BCUT2D eigenvalue weighted by Crippen LogP contribution is -2.21. The number of rotatable bonds is 8. The molecule has 3 heterocycles. The Morgan fingerprint density at radius 1 is 1.10 bits per heavy atom. The van der Waals surface area contributed by atoms with Gasteiger partial charge in [-0.3, -0.25) is 9.78 Å². The van der Waals surface area contributed by atoms with E-state index in [0.29, 0.717) is 60.9 Å². The van der Waals surface area contributed by atoms with Crippen LogP contribution >= 0.6 is 23.2 Å². The van der Waals surface area contributed by atoms with Gasteiger partial charge in [0.15, 0.2) is 0 Å². The van der Waals surface area contributed by atoms with Crippen LogP contribution in [-0.2, 0) is 11.8 Å². The fourth-order valence-corrected chi connectivity index (χ4v) is 4.88. The number of hydrogen-bond donors (Lipinski definition) is 2. The van der Waals surface area contributed by atoms with Gasteiger partial charge in [-0.05, 0) is 25.5 Å². The highest BCUT2D eigenvalue weighted by Gasteiger charge is 2.22. The third-order valence-corrected chi connectivity index (χ3v) is 6.96. The lowest BCUT2D eigenvalue weighted by atomic mass is 10.0. The highest BCUT2D eigenvalue weighted by atomic mass is 35.5. The average Bonchev–Trinajstić information content (AvgIpc) is 2.93. The van der Waals surface area contributed by atoms with E-state index in [1.165, 1.54) is 20.4 Å². The first-order chi connectivity index (χ1) is 19.1. The normalized spacial score (nSPS) is 11.3. The number of halogens is 2. The van der Waals surface area contributed by atoms with Crippen molar-refractivity contribution in [2.24, 2.45) is 12.0 Å². The zero-order valence-corrected chi connectivity index (χ0v) is 24.2. The van der Waals surface area contributed by atoms with Crippen LogP contribution in [-0.4, -0.2) is 34.7 Å². The molecule has 0 bridgehead atoms. The van der Waals surface area contributed by atoms with E-state index in [-0.39, 0.29) is 5.91 Å². The molecule has 2 N–H and O–H groups in total. The number of pyridine rings is 3. The summed E-state index contributed by atoms with van der Waals surface area (Å²) >= 11 is 13.5. The molecule has 0 atom stereocenters. The molecular formula is C29H28Cl2N6O3. The molecule has 0 unspecified atom stereocenters. The average molecular weight is 579 g/mol. The molecule has 0 spiro atoms. The van der Waals surface area contributed by atoms with E-state index in [9.17, 15) is 4.79 Å². The zero-order chi connectivity index (χ0) is 29.1. The van der Waals surface area contributed by atoms with Crippen LogP contribution in [0.4, 0.5) is 17.2 Å². The van der Waals surface area contributed by atoms with Gasteiger partial charge in [-0.1, -0.05) is 36.4 Å². The molecule has 0 aliphatic carbocycles. The lowest BCUT2D eigenvalue weighted by Gasteiger charge is -2.18. The number of nitrogens with zero attached hydrogens (tertiary/aromatic N) is 4. The number of ether oxygens (including phenoxy) is 2. The fraction of sp³-hybridized carbons (Fsp3) is 0.172. The summed E-state index contributed by atoms with van der Waals surface area (Å²) in [5.41, 5.74) is 4.87. The molecular weight excluding hydrogens is 551 g/mol. The predicted molar refractivity (Wildman–Crippen MR) is 161 cm³/mol. The van der Waals surface area contributed by atoms with E-state index in [1.807, 2.05) is 30.7 Å². The van der Waals surface area contributed by atoms with Gasteiger partial charge in [0.25, 0.3) is 5.91 Å². The highest BCUT2D eigenvalue weighted by Crippen LogP contribution is 2.45.